The van der Waals surface area contributed by atoms with Crippen LogP contribution in [0.15, 0.2) is 29.3 Å². The molecule has 1 aliphatic rings. The van der Waals surface area contributed by atoms with Crippen molar-refractivity contribution >= 4 is 35.8 Å². The number of carbonyl (C=O) groups excluding carboxylic acids is 1. The van der Waals surface area contributed by atoms with E-state index in [-0.39, 0.29) is 35.9 Å². The zero-order valence-corrected chi connectivity index (χ0v) is 19.4. The smallest absolute Gasteiger partial charge is 0.222 e. The Labute approximate surface area is 185 Å². The Hall–Kier alpha value is -1.55. The molecule has 8 heteroatoms. The van der Waals surface area contributed by atoms with Crippen LogP contribution >= 0.6 is 24.0 Å². The van der Waals surface area contributed by atoms with Gasteiger partial charge in [-0.25, -0.2) is 4.99 Å². The van der Waals surface area contributed by atoms with Crippen LogP contribution in [0.25, 0.3) is 0 Å². The fraction of sp³-hybridized carbons (Fsp3) is 0.600. The maximum absolute atomic E-state index is 11.8. The van der Waals surface area contributed by atoms with E-state index in [9.17, 15) is 4.79 Å². The monoisotopic (exact) mass is 504 g/mol. The topological polar surface area (TPSA) is 75.2 Å². The standard InChI is InChI=1S/C20H32N4O3.HI/c1-4-19(25)24-10-9-17(15-24)23-20(21-5-2)22-14-16-7-6-8-18(13-16)27-12-11-26-3;/h6-8,13,17H,4-5,9-12,14-15H2,1-3H3,(H2,21,22,23);1H. The van der Waals surface area contributed by atoms with Crippen molar-refractivity contribution < 1.29 is 14.3 Å². The molecule has 0 saturated carbocycles. The lowest BCUT2D eigenvalue weighted by Crippen LogP contribution is -2.45. The van der Waals surface area contributed by atoms with E-state index in [2.05, 4.69) is 15.6 Å². The average molecular weight is 504 g/mol. The maximum Gasteiger partial charge on any atom is 0.222 e. The summed E-state index contributed by atoms with van der Waals surface area (Å²) in [6.07, 6.45) is 1.50. The van der Waals surface area contributed by atoms with E-state index in [4.69, 9.17) is 9.47 Å². The molecule has 1 amide bonds. The number of ether oxygens (including phenoxy) is 2. The van der Waals surface area contributed by atoms with Gasteiger partial charge in [-0.3, -0.25) is 4.79 Å². The first-order valence-electron chi connectivity index (χ1n) is 9.69. The van der Waals surface area contributed by atoms with E-state index in [1.165, 1.54) is 0 Å². The summed E-state index contributed by atoms with van der Waals surface area (Å²) in [5, 5.41) is 6.73. The molecule has 0 radical (unpaired) electrons. The van der Waals surface area contributed by atoms with E-state index in [0.717, 1.165) is 43.3 Å². The third-order valence-corrected chi connectivity index (χ3v) is 4.40. The van der Waals surface area contributed by atoms with Crippen molar-refractivity contribution in [1.29, 1.82) is 0 Å². The number of guanidine groups is 1. The molecule has 1 fully saturated rings. The molecular formula is C20H33IN4O3. The molecule has 0 spiro atoms. The predicted molar refractivity (Wildman–Crippen MR) is 122 cm³/mol. The summed E-state index contributed by atoms with van der Waals surface area (Å²) in [6, 6.07) is 8.18. The lowest BCUT2D eigenvalue weighted by molar-refractivity contribution is -0.129. The summed E-state index contributed by atoms with van der Waals surface area (Å²) < 4.78 is 10.7. The number of hydrogen-bond acceptors (Lipinski definition) is 4. The van der Waals surface area contributed by atoms with Gasteiger partial charge in [0.2, 0.25) is 5.91 Å². The quantitative estimate of drug-likeness (QED) is 0.234. The number of benzene rings is 1. The van der Waals surface area contributed by atoms with Crippen molar-refractivity contribution in [2.75, 3.05) is 40.0 Å². The van der Waals surface area contributed by atoms with Crippen molar-refractivity contribution in [2.24, 2.45) is 4.99 Å². The van der Waals surface area contributed by atoms with Crippen molar-refractivity contribution in [3.63, 3.8) is 0 Å². The summed E-state index contributed by atoms with van der Waals surface area (Å²) in [5.41, 5.74) is 1.08. The minimum absolute atomic E-state index is 0. The van der Waals surface area contributed by atoms with Gasteiger partial charge in [0.25, 0.3) is 0 Å². The lowest BCUT2D eigenvalue weighted by atomic mass is 10.2. The van der Waals surface area contributed by atoms with Crippen LogP contribution in [0.2, 0.25) is 0 Å². The Morgan fingerprint density at radius 3 is 2.86 bits per heavy atom. The highest BCUT2D eigenvalue weighted by Gasteiger charge is 2.25. The Balaban J connectivity index is 0.00000392. The average Bonchev–Trinajstić information content (AvgIpc) is 3.15. The van der Waals surface area contributed by atoms with E-state index < -0.39 is 0 Å². The maximum atomic E-state index is 11.8. The van der Waals surface area contributed by atoms with E-state index in [1.807, 2.05) is 43.0 Å². The Bertz CT molecular complexity index is 627. The third-order valence-electron chi connectivity index (χ3n) is 4.40. The number of nitrogens with one attached hydrogen (secondary N) is 2. The van der Waals surface area contributed by atoms with Gasteiger partial charge in [-0.15, -0.1) is 24.0 Å². The molecule has 1 aromatic carbocycles. The second-order valence-electron chi connectivity index (χ2n) is 6.51. The summed E-state index contributed by atoms with van der Waals surface area (Å²) in [5.74, 6) is 1.81. The molecule has 1 saturated heterocycles. The van der Waals surface area contributed by atoms with Crippen LogP contribution in [0, 0.1) is 0 Å². The molecule has 2 N–H and O–H groups in total. The predicted octanol–water partition coefficient (Wildman–Crippen LogP) is 2.40. The Kier molecular flexibility index (Phi) is 11.9. The van der Waals surface area contributed by atoms with E-state index >= 15 is 0 Å². The van der Waals surface area contributed by atoms with Crippen molar-refractivity contribution in [3.8, 4) is 5.75 Å². The van der Waals surface area contributed by atoms with Crippen LogP contribution in [0.3, 0.4) is 0 Å². The van der Waals surface area contributed by atoms with Gasteiger partial charge in [-0.2, -0.15) is 0 Å². The molecule has 1 heterocycles. The summed E-state index contributed by atoms with van der Waals surface area (Å²) in [7, 11) is 1.66. The van der Waals surface area contributed by atoms with Gasteiger partial charge in [0, 0.05) is 39.2 Å². The molecule has 2 rings (SSSR count). The minimum Gasteiger partial charge on any atom is -0.491 e. The largest absolute Gasteiger partial charge is 0.491 e. The highest BCUT2D eigenvalue weighted by Crippen LogP contribution is 2.14. The third kappa shape index (κ3) is 8.22. The molecule has 0 aromatic heterocycles. The van der Waals surface area contributed by atoms with Crippen LogP contribution in [-0.4, -0.2) is 62.8 Å². The highest BCUT2D eigenvalue weighted by molar-refractivity contribution is 14.0. The first kappa shape index (κ1) is 24.5. The molecule has 7 nitrogen and oxygen atoms in total. The van der Waals surface area contributed by atoms with Gasteiger partial charge < -0.3 is 25.0 Å². The van der Waals surface area contributed by atoms with Gasteiger partial charge in [-0.1, -0.05) is 19.1 Å². The number of carbonyl (C=O) groups is 1. The van der Waals surface area contributed by atoms with Crippen LogP contribution in [-0.2, 0) is 16.1 Å². The Morgan fingerprint density at radius 2 is 2.14 bits per heavy atom. The second kappa shape index (κ2) is 13.6. The van der Waals surface area contributed by atoms with E-state index in [0.29, 0.717) is 26.2 Å². The number of nitrogens with zero attached hydrogens (tertiary/aromatic N) is 2. The van der Waals surface area contributed by atoms with Crippen LogP contribution in [0.5, 0.6) is 5.75 Å². The number of halogens is 1. The zero-order chi connectivity index (χ0) is 19.5. The van der Waals surface area contributed by atoms with Crippen molar-refractivity contribution in [2.45, 2.75) is 39.3 Å². The fourth-order valence-electron chi connectivity index (χ4n) is 2.99. The van der Waals surface area contributed by atoms with Crippen molar-refractivity contribution in [1.82, 2.24) is 15.5 Å². The highest BCUT2D eigenvalue weighted by atomic mass is 127. The number of rotatable bonds is 9. The minimum atomic E-state index is 0. The summed E-state index contributed by atoms with van der Waals surface area (Å²) in [6.45, 7) is 7.94. The summed E-state index contributed by atoms with van der Waals surface area (Å²) >= 11 is 0. The molecule has 0 bridgehead atoms. The molecule has 158 valence electrons. The molecule has 1 unspecified atom stereocenters. The van der Waals surface area contributed by atoms with Crippen LogP contribution in [0.4, 0.5) is 0 Å². The normalized spacial score (nSPS) is 16.5. The molecular weight excluding hydrogens is 471 g/mol. The molecule has 1 atom stereocenters. The molecule has 0 aliphatic carbocycles. The van der Waals surface area contributed by atoms with Gasteiger partial charge in [0.15, 0.2) is 5.96 Å². The van der Waals surface area contributed by atoms with E-state index in [1.54, 1.807) is 7.11 Å². The van der Waals surface area contributed by atoms with Gasteiger partial charge >= 0.3 is 0 Å². The molecule has 1 aliphatic heterocycles. The van der Waals surface area contributed by atoms with Crippen molar-refractivity contribution in [3.05, 3.63) is 29.8 Å². The van der Waals surface area contributed by atoms with Crippen LogP contribution in [0.1, 0.15) is 32.3 Å². The second-order valence-corrected chi connectivity index (χ2v) is 6.51. The lowest BCUT2D eigenvalue weighted by Gasteiger charge is -2.18. The number of aliphatic imine (C=N–C) groups is 1. The summed E-state index contributed by atoms with van der Waals surface area (Å²) in [4.78, 5) is 18.4. The fourth-order valence-corrected chi connectivity index (χ4v) is 2.99. The van der Waals surface area contributed by atoms with Gasteiger partial charge in [-0.05, 0) is 31.0 Å². The first-order chi connectivity index (χ1) is 13.2. The van der Waals surface area contributed by atoms with Gasteiger partial charge in [0.1, 0.15) is 12.4 Å². The first-order valence-corrected chi connectivity index (χ1v) is 9.69. The van der Waals surface area contributed by atoms with Gasteiger partial charge in [0.05, 0.1) is 13.2 Å². The zero-order valence-electron chi connectivity index (χ0n) is 17.1. The number of hydrogen-bond donors (Lipinski definition) is 2. The number of likely N-dealkylation sites (tertiary alicyclic amines) is 1. The molecule has 1 aromatic rings. The molecule has 28 heavy (non-hydrogen) atoms. The Morgan fingerprint density at radius 1 is 1.32 bits per heavy atom. The SMILES string of the molecule is CCNC(=NCc1cccc(OCCOC)c1)NC1CCN(C(=O)CC)C1.I. The number of amides is 1. The van der Waals surface area contributed by atoms with Crippen LogP contribution < -0.4 is 15.4 Å². The number of methoxy groups -OCH3 is 1.